The van der Waals surface area contributed by atoms with Crippen molar-refractivity contribution >= 4 is 33.6 Å². The van der Waals surface area contributed by atoms with Gasteiger partial charge in [-0.25, -0.2) is 9.07 Å². The lowest BCUT2D eigenvalue weighted by atomic mass is 9.92. The van der Waals surface area contributed by atoms with E-state index in [0.717, 1.165) is 5.69 Å². The van der Waals surface area contributed by atoms with Crippen molar-refractivity contribution in [1.29, 1.82) is 0 Å². The van der Waals surface area contributed by atoms with Gasteiger partial charge in [-0.15, -0.1) is 0 Å². The molecule has 1 aromatic heterocycles. The van der Waals surface area contributed by atoms with Crippen molar-refractivity contribution in [2.24, 2.45) is 0 Å². The van der Waals surface area contributed by atoms with E-state index in [4.69, 9.17) is 0 Å². The van der Waals surface area contributed by atoms with Crippen LogP contribution in [0.25, 0.3) is 5.69 Å². The number of hydrogen-bond acceptors (Lipinski definition) is 3. The first-order chi connectivity index (χ1) is 15.1. The van der Waals surface area contributed by atoms with Crippen molar-refractivity contribution in [3.05, 3.63) is 76.1 Å². The molecule has 0 fully saturated rings. The summed E-state index contributed by atoms with van der Waals surface area (Å²) in [7, 11) is 0. The Morgan fingerprint density at radius 2 is 1.78 bits per heavy atom. The fraction of sp³-hybridized carbons (Fsp3) is 0.292. The molecule has 0 unspecified atom stereocenters. The number of halogens is 2. The van der Waals surface area contributed by atoms with Crippen LogP contribution in [0.2, 0.25) is 0 Å². The Hall–Kier alpha value is -3.00. The van der Waals surface area contributed by atoms with E-state index < -0.39 is 0 Å². The molecule has 6 nitrogen and oxygen atoms in total. The molecule has 1 heterocycles. The van der Waals surface area contributed by atoms with E-state index in [-0.39, 0.29) is 29.6 Å². The maximum atomic E-state index is 13.4. The van der Waals surface area contributed by atoms with Gasteiger partial charge in [0.1, 0.15) is 18.2 Å². The topological polar surface area (TPSA) is 67.2 Å². The Morgan fingerprint density at radius 1 is 1.12 bits per heavy atom. The van der Waals surface area contributed by atoms with E-state index in [2.05, 4.69) is 26.3 Å². The number of rotatable bonds is 6. The third-order valence-corrected chi connectivity index (χ3v) is 5.62. The molecular formula is C24H26BrFN4O2. The van der Waals surface area contributed by atoms with Crippen LogP contribution in [0.1, 0.15) is 43.7 Å². The summed E-state index contributed by atoms with van der Waals surface area (Å²) in [6.07, 6.45) is 0. The molecule has 0 bridgehead atoms. The summed E-state index contributed by atoms with van der Waals surface area (Å²) in [4.78, 5) is 27.3. The smallest absolute Gasteiger partial charge is 0.255 e. The number of aromatic nitrogens is 2. The zero-order chi connectivity index (χ0) is 23.5. The standard InChI is InChI=1S/C24H26BrFN4O2/c1-5-29(23(32)18-8-6-7-9-19(18)25)15-22(31)27-21-14-20(24(2,3)4)28-30(21)17-12-10-16(26)11-13-17/h6-14H,5,15H2,1-4H3,(H,27,31). The third-order valence-electron chi connectivity index (χ3n) is 4.92. The quantitative estimate of drug-likeness (QED) is 0.507. The summed E-state index contributed by atoms with van der Waals surface area (Å²) >= 11 is 3.39. The molecule has 1 N–H and O–H groups in total. The SMILES string of the molecule is CCN(CC(=O)Nc1cc(C(C)(C)C)nn1-c1ccc(F)cc1)C(=O)c1ccccc1Br. The molecule has 0 spiro atoms. The average molecular weight is 501 g/mol. The molecule has 2 amide bonds. The Labute approximate surface area is 195 Å². The highest BCUT2D eigenvalue weighted by Gasteiger charge is 2.23. The first kappa shape index (κ1) is 23.7. The number of anilines is 1. The molecule has 2 aromatic carbocycles. The van der Waals surface area contributed by atoms with Crippen LogP contribution in [0.5, 0.6) is 0 Å². The van der Waals surface area contributed by atoms with Gasteiger partial charge in [0.05, 0.1) is 16.9 Å². The number of nitrogens with zero attached hydrogens (tertiary/aromatic N) is 3. The van der Waals surface area contributed by atoms with Crippen LogP contribution in [0.3, 0.4) is 0 Å². The van der Waals surface area contributed by atoms with E-state index in [0.29, 0.717) is 28.1 Å². The summed E-state index contributed by atoms with van der Waals surface area (Å²) in [5.74, 6) is -0.490. The van der Waals surface area contributed by atoms with Crippen molar-refractivity contribution in [2.75, 3.05) is 18.4 Å². The predicted molar refractivity (Wildman–Crippen MR) is 127 cm³/mol. The zero-order valence-corrected chi connectivity index (χ0v) is 20.1. The molecule has 0 atom stereocenters. The second kappa shape index (κ2) is 9.65. The summed E-state index contributed by atoms with van der Waals surface area (Å²) in [5, 5.41) is 7.48. The van der Waals surface area contributed by atoms with Gasteiger partial charge < -0.3 is 10.2 Å². The first-order valence-corrected chi connectivity index (χ1v) is 11.1. The van der Waals surface area contributed by atoms with Crippen LogP contribution in [0, 0.1) is 5.82 Å². The molecule has 32 heavy (non-hydrogen) atoms. The Morgan fingerprint density at radius 3 is 2.38 bits per heavy atom. The fourth-order valence-corrected chi connectivity index (χ4v) is 3.56. The lowest BCUT2D eigenvalue weighted by molar-refractivity contribution is -0.116. The van der Waals surface area contributed by atoms with Crippen LogP contribution in [-0.2, 0) is 10.2 Å². The molecule has 0 saturated heterocycles. The van der Waals surface area contributed by atoms with E-state index in [1.54, 1.807) is 41.1 Å². The molecule has 168 valence electrons. The third kappa shape index (κ3) is 5.43. The number of carbonyl (C=O) groups excluding carboxylic acids is 2. The van der Waals surface area contributed by atoms with E-state index in [9.17, 15) is 14.0 Å². The largest absolute Gasteiger partial charge is 0.330 e. The van der Waals surface area contributed by atoms with E-state index >= 15 is 0 Å². The normalized spacial score (nSPS) is 11.3. The van der Waals surface area contributed by atoms with Gasteiger partial charge in [0.2, 0.25) is 5.91 Å². The van der Waals surface area contributed by atoms with E-state index in [1.165, 1.54) is 17.0 Å². The summed E-state index contributed by atoms with van der Waals surface area (Å²) in [6.45, 7) is 8.14. The molecule has 0 aliphatic rings. The highest BCUT2D eigenvalue weighted by molar-refractivity contribution is 9.10. The van der Waals surface area contributed by atoms with Gasteiger partial charge in [-0.2, -0.15) is 5.10 Å². The van der Waals surface area contributed by atoms with Crippen LogP contribution in [0.4, 0.5) is 10.2 Å². The molecule has 0 aliphatic heterocycles. The van der Waals surface area contributed by atoms with Crippen LogP contribution >= 0.6 is 15.9 Å². The highest BCUT2D eigenvalue weighted by Crippen LogP contribution is 2.26. The van der Waals surface area contributed by atoms with Crippen LogP contribution in [0.15, 0.2) is 59.1 Å². The van der Waals surface area contributed by atoms with Crippen molar-refractivity contribution in [1.82, 2.24) is 14.7 Å². The van der Waals surface area contributed by atoms with Gasteiger partial charge in [-0.3, -0.25) is 9.59 Å². The summed E-state index contributed by atoms with van der Waals surface area (Å²) < 4.78 is 15.6. The Kier molecular flexibility index (Phi) is 7.13. The van der Waals surface area contributed by atoms with Crippen LogP contribution < -0.4 is 5.32 Å². The lowest BCUT2D eigenvalue weighted by Gasteiger charge is -2.21. The van der Waals surface area contributed by atoms with Gasteiger partial charge >= 0.3 is 0 Å². The van der Waals surface area contributed by atoms with E-state index in [1.807, 2.05) is 33.8 Å². The van der Waals surface area contributed by atoms with Crippen molar-refractivity contribution < 1.29 is 14.0 Å². The minimum absolute atomic E-state index is 0.115. The van der Waals surface area contributed by atoms with Gasteiger partial charge in [0, 0.05) is 22.5 Å². The number of likely N-dealkylation sites (N-methyl/N-ethyl adjacent to an activating group) is 1. The van der Waals surface area contributed by atoms with Crippen LogP contribution in [-0.4, -0.2) is 39.6 Å². The average Bonchev–Trinajstić information content (AvgIpc) is 3.16. The van der Waals surface area contributed by atoms with Crippen molar-refractivity contribution in [3.63, 3.8) is 0 Å². The predicted octanol–water partition coefficient (Wildman–Crippen LogP) is 5.17. The molecule has 3 aromatic rings. The molecule has 0 radical (unpaired) electrons. The summed E-state index contributed by atoms with van der Waals surface area (Å²) in [6, 6.07) is 14.8. The van der Waals surface area contributed by atoms with Crippen molar-refractivity contribution in [2.45, 2.75) is 33.1 Å². The Bertz CT molecular complexity index is 1120. The lowest BCUT2D eigenvalue weighted by Crippen LogP contribution is -2.38. The fourth-order valence-electron chi connectivity index (χ4n) is 3.10. The number of benzene rings is 2. The minimum Gasteiger partial charge on any atom is -0.330 e. The molecular weight excluding hydrogens is 475 g/mol. The van der Waals surface area contributed by atoms with Gasteiger partial charge in [-0.05, 0) is 59.3 Å². The molecule has 0 aliphatic carbocycles. The first-order valence-electron chi connectivity index (χ1n) is 10.3. The minimum atomic E-state index is -0.355. The second-order valence-electron chi connectivity index (χ2n) is 8.40. The number of nitrogens with one attached hydrogen (secondary N) is 1. The Balaban J connectivity index is 1.84. The zero-order valence-electron chi connectivity index (χ0n) is 18.5. The van der Waals surface area contributed by atoms with Crippen molar-refractivity contribution in [3.8, 4) is 5.69 Å². The molecule has 0 saturated carbocycles. The maximum absolute atomic E-state index is 13.4. The monoisotopic (exact) mass is 500 g/mol. The van der Waals surface area contributed by atoms with Gasteiger partial charge in [0.15, 0.2) is 0 Å². The number of hydrogen-bond donors (Lipinski definition) is 1. The second-order valence-corrected chi connectivity index (χ2v) is 9.25. The number of amides is 2. The number of carbonyl (C=O) groups is 2. The van der Waals surface area contributed by atoms with Gasteiger partial charge in [0.25, 0.3) is 5.91 Å². The van der Waals surface area contributed by atoms with Gasteiger partial charge in [-0.1, -0.05) is 32.9 Å². The summed E-state index contributed by atoms with van der Waals surface area (Å²) in [5.41, 5.74) is 1.63. The molecule has 8 heteroatoms. The molecule has 3 rings (SSSR count). The highest BCUT2D eigenvalue weighted by atomic mass is 79.9. The maximum Gasteiger partial charge on any atom is 0.255 e.